The zero-order valence-electron chi connectivity index (χ0n) is 14.0. The van der Waals surface area contributed by atoms with Gasteiger partial charge in [-0.1, -0.05) is 111 Å². The van der Waals surface area contributed by atoms with Crippen LogP contribution in [0.4, 0.5) is 0 Å². The van der Waals surface area contributed by atoms with Crippen LogP contribution in [0.2, 0.25) is 0 Å². The topological polar surface area (TPSA) is 0 Å². The van der Waals surface area contributed by atoms with Crippen molar-refractivity contribution in [2.24, 2.45) is 0 Å². The van der Waals surface area contributed by atoms with Crippen LogP contribution in [-0.2, 0) is 0 Å². The van der Waals surface area contributed by atoms with Gasteiger partial charge in [-0.05, 0) is 51.6 Å². The van der Waals surface area contributed by atoms with Gasteiger partial charge in [0.05, 0.1) is 0 Å². The van der Waals surface area contributed by atoms with E-state index in [2.05, 4.69) is 129 Å². The molecule has 0 spiro atoms. The monoisotopic (exact) mass is 462 g/mol. The van der Waals surface area contributed by atoms with E-state index in [1.165, 1.54) is 33.4 Å². The molecule has 4 aromatic rings. The molecule has 26 heavy (non-hydrogen) atoms. The average Bonchev–Trinajstić information content (AvgIpc) is 2.68. The summed E-state index contributed by atoms with van der Waals surface area (Å²) < 4.78 is 2.12. The molecule has 0 saturated carbocycles. The van der Waals surface area contributed by atoms with E-state index in [0.717, 1.165) is 8.95 Å². The Morgan fingerprint density at radius 1 is 0.423 bits per heavy atom. The largest absolute Gasteiger partial charge is 0.0622 e. The van der Waals surface area contributed by atoms with Crippen molar-refractivity contribution in [2.75, 3.05) is 0 Å². The van der Waals surface area contributed by atoms with E-state index in [-0.39, 0.29) is 0 Å². The van der Waals surface area contributed by atoms with Crippen LogP contribution in [0.5, 0.6) is 0 Å². The van der Waals surface area contributed by atoms with Gasteiger partial charge >= 0.3 is 0 Å². The maximum atomic E-state index is 3.64. The van der Waals surface area contributed by atoms with E-state index in [1.807, 2.05) is 0 Å². The number of hydrogen-bond acceptors (Lipinski definition) is 0. The Morgan fingerprint density at radius 2 is 0.885 bits per heavy atom. The SMILES string of the molecule is Brc1cc(Br)cc(-c2c(-c3ccccc3)cccc2-c2ccccc2)c1. The van der Waals surface area contributed by atoms with Crippen LogP contribution in [-0.4, -0.2) is 0 Å². The minimum Gasteiger partial charge on any atom is -0.0622 e. The van der Waals surface area contributed by atoms with Gasteiger partial charge in [-0.25, -0.2) is 0 Å². The molecule has 0 aliphatic carbocycles. The molecule has 0 nitrogen and oxygen atoms in total. The molecule has 0 aliphatic heterocycles. The first-order valence-electron chi connectivity index (χ1n) is 8.43. The molecule has 0 aliphatic rings. The summed E-state index contributed by atoms with van der Waals surface area (Å²) in [7, 11) is 0. The second kappa shape index (κ2) is 7.61. The standard InChI is InChI=1S/C24H16Br2/c25-20-14-19(15-21(26)16-20)24-22(17-8-3-1-4-9-17)12-7-13-23(24)18-10-5-2-6-11-18/h1-16H. The van der Waals surface area contributed by atoms with Crippen molar-refractivity contribution in [3.8, 4) is 33.4 Å². The highest BCUT2D eigenvalue weighted by Gasteiger charge is 2.14. The molecule has 126 valence electrons. The minimum atomic E-state index is 1.06. The highest BCUT2D eigenvalue weighted by atomic mass is 79.9. The summed E-state index contributed by atoms with van der Waals surface area (Å²) >= 11 is 7.28. The van der Waals surface area contributed by atoms with Crippen molar-refractivity contribution in [1.82, 2.24) is 0 Å². The quantitative estimate of drug-likeness (QED) is 0.287. The van der Waals surface area contributed by atoms with Crippen molar-refractivity contribution in [3.63, 3.8) is 0 Å². The number of rotatable bonds is 3. The molecule has 0 amide bonds. The molecule has 0 heterocycles. The second-order valence-electron chi connectivity index (χ2n) is 6.12. The van der Waals surface area contributed by atoms with Gasteiger partial charge in [-0.2, -0.15) is 0 Å². The normalized spacial score (nSPS) is 10.7. The van der Waals surface area contributed by atoms with Crippen LogP contribution < -0.4 is 0 Å². The highest BCUT2D eigenvalue weighted by molar-refractivity contribution is 9.11. The fraction of sp³-hybridized carbons (Fsp3) is 0. The van der Waals surface area contributed by atoms with Crippen LogP contribution in [0, 0.1) is 0 Å². The third-order valence-electron chi connectivity index (χ3n) is 4.39. The molecule has 0 fully saturated rings. The third-order valence-corrected chi connectivity index (χ3v) is 5.30. The Bertz CT molecular complexity index is 960. The van der Waals surface area contributed by atoms with E-state index in [1.54, 1.807) is 0 Å². The Hall–Kier alpha value is -2.16. The van der Waals surface area contributed by atoms with E-state index in [4.69, 9.17) is 0 Å². The first-order chi connectivity index (χ1) is 12.7. The fourth-order valence-electron chi connectivity index (χ4n) is 3.28. The van der Waals surface area contributed by atoms with E-state index in [9.17, 15) is 0 Å². The lowest BCUT2D eigenvalue weighted by Crippen LogP contribution is -1.90. The van der Waals surface area contributed by atoms with Gasteiger partial charge in [-0.15, -0.1) is 0 Å². The summed E-state index contributed by atoms with van der Waals surface area (Å²) in [6.45, 7) is 0. The Kier molecular flexibility index (Phi) is 5.05. The summed E-state index contributed by atoms with van der Waals surface area (Å²) in [5, 5.41) is 0. The van der Waals surface area contributed by atoms with Crippen LogP contribution in [0.15, 0.2) is 106 Å². The zero-order chi connectivity index (χ0) is 17.9. The first kappa shape index (κ1) is 17.3. The highest BCUT2D eigenvalue weighted by Crippen LogP contribution is 2.41. The van der Waals surface area contributed by atoms with Gasteiger partial charge in [0.25, 0.3) is 0 Å². The molecule has 0 saturated heterocycles. The summed E-state index contributed by atoms with van der Waals surface area (Å²) in [5.41, 5.74) is 7.33. The summed E-state index contributed by atoms with van der Waals surface area (Å²) in [6, 6.07) is 34.1. The predicted molar refractivity (Wildman–Crippen MR) is 118 cm³/mol. The molecule has 4 rings (SSSR count). The predicted octanol–water partition coefficient (Wildman–Crippen LogP) is 8.21. The van der Waals surface area contributed by atoms with Crippen molar-refractivity contribution in [2.45, 2.75) is 0 Å². The second-order valence-corrected chi connectivity index (χ2v) is 7.95. The van der Waals surface area contributed by atoms with E-state index in [0.29, 0.717) is 0 Å². The fourth-order valence-corrected chi connectivity index (χ4v) is 4.57. The van der Waals surface area contributed by atoms with Crippen molar-refractivity contribution < 1.29 is 0 Å². The van der Waals surface area contributed by atoms with Crippen molar-refractivity contribution >= 4 is 31.9 Å². The van der Waals surface area contributed by atoms with Gasteiger partial charge < -0.3 is 0 Å². The lowest BCUT2D eigenvalue weighted by Gasteiger charge is -2.17. The Labute approximate surface area is 170 Å². The molecule has 0 N–H and O–H groups in total. The molecule has 0 atom stereocenters. The van der Waals surface area contributed by atoms with Gasteiger partial charge in [0.1, 0.15) is 0 Å². The summed E-state index contributed by atoms with van der Waals surface area (Å²) in [5.74, 6) is 0. The maximum Gasteiger partial charge on any atom is 0.0192 e. The van der Waals surface area contributed by atoms with Crippen LogP contribution in [0.1, 0.15) is 0 Å². The minimum absolute atomic E-state index is 1.06. The molecular formula is C24H16Br2. The zero-order valence-corrected chi connectivity index (χ0v) is 17.2. The van der Waals surface area contributed by atoms with Crippen molar-refractivity contribution in [1.29, 1.82) is 0 Å². The van der Waals surface area contributed by atoms with Gasteiger partial charge in [0, 0.05) is 8.95 Å². The molecule has 4 aromatic carbocycles. The van der Waals surface area contributed by atoms with E-state index < -0.39 is 0 Å². The van der Waals surface area contributed by atoms with Crippen LogP contribution in [0.25, 0.3) is 33.4 Å². The smallest absolute Gasteiger partial charge is 0.0192 e. The first-order valence-corrected chi connectivity index (χ1v) is 10.0. The molecule has 0 radical (unpaired) electrons. The van der Waals surface area contributed by atoms with Crippen molar-refractivity contribution in [3.05, 3.63) is 106 Å². The maximum absolute atomic E-state index is 3.64. The summed E-state index contributed by atoms with van der Waals surface area (Å²) in [6.07, 6.45) is 0. The van der Waals surface area contributed by atoms with Gasteiger partial charge in [0.15, 0.2) is 0 Å². The Morgan fingerprint density at radius 3 is 1.35 bits per heavy atom. The average molecular weight is 464 g/mol. The summed E-state index contributed by atoms with van der Waals surface area (Å²) in [4.78, 5) is 0. The van der Waals surface area contributed by atoms with Crippen LogP contribution in [0.3, 0.4) is 0 Å². The Balaban J connectivity index is 2.05. The molecule has 0 aromatic heterocycles. The molecule has 0 unspecified atom stereocenters. The number of benzene rings is 4. The number of halogens is 2. The van der Waals surface area contributed by atoms with Gasteiger partial charge in [-0.3, -0.25) is 0 Å². The van der Waals surface area contributed by atoms with Crippen LogP contribution >= 0.6 is 31.9 Å². The lowest BCUT2D eigenvalue weighted by atomic mass is 9.88. The molecular weight excluding hydrogens is 448 g/mol. The molecule has 0 bridgehead atoms. The van der Waals surface area contributed by atoms with Gasteiger partial charge in [0.2, 0.25) is 0 Å². The molecule has 2 heteroatoms. The third kappa shape index (κ3) is 3.53. The van der Waals surface area contributed by atoms with E-state index >= 15 is 0 Å². The lowest BCUT2D eigenvalue weighted by molar-refractivity contribution is 1.53. The number of hydrogen-bond donors (Lipinski definition) is 0.